The first-order valence-corrected chi connectivity index (χ1v) is 7.90. The fourth-order valence-electron chi connectivity index (χ4n) is 0.997. The third kappa shape index (κ3) is 5.14. The second-order valence-corrected chi connectivity index (χ2v) is 6.43. The molecule has 0 radical (unpaired) electrons. The van der Waals surface area contributed by atoms with Crippen molar-refractivity contribution < 1.29 is 17.9 Å². The van der Waals surface area contributed by atoms with Crippen LogP contribution in [0.25, 0.3) is 0 Å². The molecular formula is C9H14N2O4S2. The Bertz CT molecular complexity index is 481. The maximum atomic E-state index is 11.3. The number of hydrogen-bond donors (Lipinski definition) is 1. The van der Waals surface area contributed by atoms with Gasteiger partial charge in [-0.2, -0.15) is 0 Å². The first-order valence-electron chi connectivity index (χ1n) is 4.96. The number of nitrogens with zero attached hydrogens (tertiary/aromatic N) is 1. The van der Waals surface area contributed by atoms with Gasteiger partial charge in [-0.25, -0.2) is 18.2 Å². The molecule has 96 valence electrons. The average Bonchev–Trinajstić information content (AvgIpc) is 2.65. The molecule has 1 aromatic heterocycles. The molecule has 1 rings (SSSR count). The topological polar surface area (TPSA) is 85.4 Å². The monoisotopic (exact) mass is 278 g/mol. The number of carbonyl (C=O) groups excluding carboxylic acids is 1. The highest BCUT2D eigenvalue weighted by atomic mass is 32.2. The molecule has 1 N–H and O–H groups in total. The number of nitrogens with one attached hydrogen (secondary N) is 1. The highest BCUT2D eigenvalue weighted by Crippen LogP contribution is 2.15. The summed E-state index contributed by atoms with van der Waals surface area (Å²) in [4.78, 5) is 15.3. The van der Waals surface area contributed by atoms with Crippen molar-refractivity contribution in [1.82, 2.24) is 4.98 Å². The van der Waals surface area contributed by atoms with Gasteiger partial charge in [0.15, 0.2) is 10.8 Å². The van der Waals surface area contributed by atoms with E-state index in [9.17, 15) is 13.2 Å². The molecule has 17 heavy (non-hydrogen) atoms. The molecule has 1 heterocycles. The van der Waals surface area contributed by atoms with Gasteiger partial charge in [0.2, 0.25) is 0 Å². The summed E-state index contributed by atoms with van der Waals surface area (Å²) in [6.07, 6.45) is 1.17. The molecule has 0 spiro atoms. The number of aromatic nitrogens is 1. The minimum Gasteiger partial charge on any atom is -0.461 e. The Morgan fingerprint density at radius 3 is 2.88 bits per heavy atom. The lowest BCUT2D eigenvalue weighted by Gasteiger charge is -2.00. The van der Waals surface area contributed by atoms with E-state index in [2.05, 4.69) is 10.3 Å². The Morgan fingerprint density at radius 1 is 1.59 bits per heavy atom. The zero-order valence-corrected chi connectivity index (χ0v) is 11.2. The van der Waals surface area contributed by atoms with Crippen LogP contribution in [0.4, 0.5) is 5.13 Å². The van der Waals surface area contributed by atoms with Crippen LogP contribution in [0.1, 0.15) is 17.4 Å². The van der Waals surface area contributed by atoms with Crippen molar-refractivity contribution in [2.75, 3.05) is 30.5 Å². The summed E-state index contributed by atoms with van der Waals surface area (Å²) in [7, 11) is -2.99. The molecule has 0 unspecified atom stereocenters. The summed E-state index contributed by atoms with van der Waals surface area (Å²) >= 11 is 1.24. The molecule has 0 bridgehead atoms. The molecule has 0 saturated carbocycles. The van der Waals surface area contributed by atoms with E-state index in [1.54, 1.807) is 12.3 Å². The predicted octanol–water partition coefficient (Wildman–Crippen LogP) is 0.776. The minimum absolute atomic E-state index is 0.0291. The Labute approximate surface area is 104 Å². The molecule has 0 fully saturated rings. The van der Waals surface area contributed by atoms with E-state index >= 15 is 0 Å². The van der Waals surface area contributed by atoms with Gasteiger partial charge < -0.3 is 10.1 Å². The van der Waals surface area contributed by atoms with Gasteiger partial charge in [0.25, 0.3) is 0 Å². The van der Waals surface area contributed by atoms with Crippen molar-refractivity contribution in [3.8, 4) is 0 Å². The summed E-state index contributed by atoms with van der Waals surface area (Å²) in [6.45, 7) is 2.29. The molecule has 1 aromatic rings. The van der Waals surface area contributed by atoms with Gasteiger partial charge in [-0.05, 0) is 6.92 Å². The number of thiazole rings is 1. The van der Waals surface area contributed by atoms with Crippen LogP contribution in [-0.4, -0.2) is 44.5 Å². The largest absolute Gasteiger partial charge is 0.461 e. The van der Waals surface area contributed by atoms with Gasteiger partial charge in [-0.1, -0.05) is 0 Å². The van der Waals surface area contributed by atoms with Crippen LogP contribution >= 0.6 is 11.3 Å². The van der Waals surface area contributed by atoms with Gasteiger partial charge in [-0.3, -0.25) is 0 Å². The Hall–Kier alpha value is -1.15. The standard InChI is InChI=1S/C9H14N2O4S2/c1-3-15-8(12)7-6-16-9(11-7)10-4-5-17(2,13)14/h6H,3-5H2,1-2H3,(H,10,11). The van der Waals surface area contributed by atoms with Gasteiger partial charge in [-0.15, -0.1) is 11.3 Å². The fourth-order valence-corrected chi connectivity index (χ4v) is 2.18. The van der Waals surface area contributed by atoms with Crippen LogP contribution in [0.3, 0.4) is 0 Å². The molecule has 6 nitrogen and oxygen atoms in total. The van der Waals surface area contributed by atoms with Gasteiger partial charge in [0.05, 0.1) is 12.4 Å². The first-order chi connectivity index (χ1) is 7.92. The van der Waals surface area contributed by atoms with Crippen LogP contribution in [0.2, 0.25) is 0 Å². The second kappa shape index (κ2) is 5.97. The van der Waals surface area contributed by atoms with E-state index in [1.807, 2.05) is 0 Å². The summed E-state index contributed by atoms with van der Waals surface area (Å²) < 4.78 is 26.6. The number of ether oxygens (including phenoxy) is 1. The lowest BCUT2D eigenvalue weighted by molar-refractivity contribution is 0.0520. The lowest BCUT2D eigenvalue weighted by atomic mass is 10.5. The maximum Gasteiger partial charge on any atom is 0.357 e. The van der Waals surface area contributed by atoms with Crippen molar-refractivity contribution in [2.24, 2.45) is 0 Å². The maximum absolute atomic E-state index is 11.3. The molecule has 8 heteroatoms. The van der Waals surface area contributed by atoms with Crippen LogP contribution in [-0.2, 0) is 14.6 Å². The third-order valence-corrected chi connectivity index (χ3v) is 3.48. The smallest absolute Gasteiger partial charge is 0.357 e. The first kappa shape index (κ1) is 13.9. The summed E-state index contributed by atoms with van der Waals surface area (Å²) in [5.74, 6) is -0.443. The molecule has 0 aliphatic heterocycles. The normalized spacial score (nSPS) is 11.2. The van der Waals surface area contributed by atoms with Gasteiger partial charge in [0, 0.05) is 18.2 Å². The molecule has 0 aromatic carbocycles. The number of rotatable bonds is 6. The number of sulfone groups is 1. The SMILES string of the molecule is CCOC(=O)c1csc(NCCS(C)(=O)=O)n1. The molecule has 0 amide bonds. The Kier molecular flexibility index (Phi) is 4.88. The summed E-state index contributed by atoms with van der Waals surface area (Å²) in [5, 5.41) is 4.92. The minimum atomic E-state index is -2.99. The van der Waals surface area contributed by atoms with E-state index in [0.29, 0.717) is 11.7 Å². The number of esters is 1. The van der Waals surface area contributed by atoms with Crippen LogP contribution in [0.15, 0.2) is 5.38 Å². The Morgan fingerprint density at radius 2 is 2.29 bits per heavy atom. The highest BCUT2D eigenvalue weighted by molar-refractivity contribution is 7.90. The van der Waals surface area contributed by atoms with Crippen molar-refractivity contribution in [3.63, 3.8) is 0 Å². The van der Waals surface area contributed by atoms with Crippen molar-refractivity contribution in [3.05, 3.63) is 11.1 Å². The zero-order chi connectivity index (χ0) is 12.9. The quantitative estimate of drug-likeness (QED) is 0.774. The molecule has 0 aliphatic rings. The lowest BCUT2D eigenvalue weighted by Crippen LogP contribution is -2.14. The number of anilines is 1. The number of carbonyl (C=O) groups is 1. The van der Waals surface area contributed by atoms with E-state index in [-0.39, 0.29) is 18.0 Å². The Balaban J connectivity index is 2.49. The molecule has 0 saturated heterocycles. The van der Waals surface area contributed by atoms with E-state index in [1.165, 1.54) is 17.6 Å². The second-order valence-electron chi connectivity index (χ2n) is 3.32. The third-order valence-electron chi connectivity index (χ3n) is 1.74. The van der Waals surface area contributed by atoms with E-state index < -0.39 is 15.8 Å². The molecule has 0 atom stereocenters. The van der Waals surface area contributed by atoms with Crippen LogP contribution in [0.5, 0.6) is 0 Å². The van der Waals surface area contributed by atoms with Crippen molar-refractivity contribution in [2.45, 2.75) is 6.92 Å². The predicted molar refractivity (Wildman–Crippen MR) is 66.3 cm³/mol. The van der Waals surface area contributed by atoms with Crippen LogP contribution in [0, 0.1) is 0 Å². The van der Waals surface area contributed by atoms with Gasteiger partial charge in [0.1, 0.15) is 9.84 Å². The van der Waals surface area contributed by atoms with Crippen LogP contribution < -0.4 is 5.32 Å². The highest BCUT2D eigenvalue weighted by Gasteiger charge is 2.11. The molecular weight excluding hydrogens is 264 g/mol. The summed E-state index contributed by atoms with van der Waals surface area (Å²) in [5.41, 5.74) is 0.235. The van der Waals surface area contributed by atoms with E-state index in [4.69, 9.17) is 4.74 Å². The van der Waals surface area contributed by atoms with Crippen molar-refractivity contribution >= 4 is 32.3 Å². The van der Waals surface area contributed by atoms with Gasteiger partial charge >= 0.3 is 5.97 Å². The molecule has 0 aliphatic carbocycles. The fraction of sp³-hybridized carbons (Fsp3) is 0.556. The summed E-state index contributed by atoms with van der Waals surface area (Å²) in [6, 6.07) is 0. The van der Waals surface area contributed by atoms with Crippen molar-refractivity contribution in [1.29, 1.82) is 0 Å². The zero-order valence-electron chi connectivity index (χ0n) is 9.60. The average molecular weight is 278 g/mol. The van der Waals surface area contributed by atoms with E-state index in [0.717, 1.165) is 0 Å². The number of hydrogen-bond acceptors (Lipinski definition) is 7.